The number of carbonyl (C=O) groups is 2. The van der Waals surface area contributed by atoms with Gasteiger partial charge in [-0.2, -0.15) is 0 Å². The van der Waals surface area contributed by atoms with Crippen molar-refractivity contribution in [1.82, 2.24) is 14.8 Å². The molecule has 5 rings (SSSR count). The molecule has 40 heavy (non-hydrogen) atoms. The molecule has 2 amide bonds. The number of hydrogen-bond acceptors (Lipinski definition) is 4. The summed E-state index contributed by atoms with van der Waals surface area (Å²) in [6.07, 6.45) is 7.24. The Bertz CT molecular complexity index is 1540. The van der Waals surface area contributed by atoms with Gasteiger partial charge in [-0.25, -0.2) is 4.39 Å². The van der Waals surface area contributed by atoms with Gasteiger partial charge in [0.2, 0.25) is 11.8 Å². The van der Waals surface area contributed by atoms with Crippen LogP contribution in [0.4, 0.5) is 10.1 Å². The number of H-pyrrole nitrogens is 1. The summed E-state index contributed by atoms with van der Waals surface area (Å²) in [5, 5.41) is 12.0. The monoisotopic (exact) mass is 540 g/mol. The third-order valence-corrected chi connectivity index (χ3v) is 7.06. The number of benzene rings is 3. The second-order valence-electron chi connectivity index (χ2n) is 9.93. The molecule has 8 nitrogen and oxygen atoms in total. The van der Waals surface area contributed by atoms with Gasteiger partial charge in [-0.15, -0.1) is 0 Å². The number of hydrogen-bond donors (Lipinski definition) is 1. The number of para-hydroxylation sites is 1. The molecule has 1 saturated carbocycles. The van der Waals surface area contributed by atoms with E-state index < -0.39 is 4.92 Å². The minimum Gasteiger partial charge on any atom is -0.361 e. The number of non-ortho nitro benzene ring substituents is 1. The summed E-state index contributed by atoms with van der Waals surface area (Å²) in [6, 6.07) is 20.0. The average Bonchev–Trinajstić information content (AvgIpc) is 3.73. The molecule has 9 heteroatoms. The number of rotatable bonds is 11. The van der Waals surface area contributed by atoms with E-state index in [1.54, 1.807) is 40.1 Å². The van der Waals surface area contributed by atoms with Crippen molar-refractivity contribution in [1.29, 1.82) is 0 Å². The van der Waals surface area contributed by atoms with Crippen molar-refractivity contribution in [3.63, 3.8) is 0 Å². The quantitative estimate of drug-likeness (QED) is 0.154. The molecule has 204 valence electrons. The fraction of sp³-hybridized carbons (Fsp3) is 0.226. The van der Waals surface area contributed by atoms with Gasteiger partial charge in [0.25, 0.3) is 5.69 Å². The first-order valence-electron chi connectivity index (χ1n) is 13.2. The number of fused-ring (bicyclic) bond motifs is 1. The van der Waals surface area contributed by atoms with Gasteiger partial charge in [0.05, 0.1) is 4.92 Å². The first-order chi connectivity index (χ1) is 19.4. The second kappa shape index (κ2) is 11.9. The number of nitro groups is 1. The molecule has 0 bridgehead atoms. The highest BCUT2D eigenvalue weighted by molar-refractivity contribution is 5.95. The lowest BCUT2D eigenvalue weighted by Crippen LogP contribution is -2.43. The molecule has 0 spiro atoms. The van der Waals surface area contributed by atoms with Gasteiger partial charge >= 0.3 is 0 Å². The summed E-state index contributed by atoms with van der Waals surface area (Å²) in [5.41, 5.74) is 3.55. The number of aromatic amines is 1. The topological polar surface area (TPSA) is 99.5 Å². The lowest BCUT2D eigenvalue weighted by Gasteiger charge is -2.27. The first kappa shape index (κ1) is 26.8. The summed E-state index contributed by atoms with van der Waals surface area (Å²) in [5.74, 6) is -0.813. The standard InChI is InChI=1S/C31H29FN4O4/c32-25-10-5-23(6-11-25)20-34(18-17-24-19-33-29-4-2-1-3-28(24)29)31(38)21-35(26-14-15-26)30(37)16-9-22-7-12-27(13-8-22)36(39)40/h1-13,16,19,26,33H,14-15,17-18,20-21H2/b16-9+. The highest BCUT2D eigenvalue weighted by atomic mass is 19.1. The Morgan fingerprint density at radius 2 is 1.75 bits per heavy atom. The molecular weight excluding hydrogens is 511 g/mol. The lowest BCUT2D eigenvalue weighted by molar-refractivity contribution is -0.384. The van der Waals surface area contributed by atoms with Crippen molar-refractivity contribution in [2.45, 2.75) is 31.8 Å². The minimum absolute atomic E-state index is 0.000695. The Balaban J connectivity index is 1.30. The minimum atomic E-state index is -0.477. The molecule has 1 N–H and O–H groups in total. The van der Waals surface area contributed by atoms with Crippen LogP contribution in [0.2, 0.25) is 0 Å². The molecule has 1 fully saturated rings. The number of nitrogens with one attached hydrogen (secondary N) is 1. The van der Waals surface area contributed by atoms with Gasteiger partial charge in [-0.1, -0.05) is 30.3 Å². The number of halogens is 1. The number of nitrogens with zero attached hydrogens (tertiary/aromatic N) is 3. The van der Waals surface area contributed by atoms with Crippen LogP contribution >= 0.6 is 0 Å². The average molecular weight is 541 g/mol. The molecule has 0 radical (unpaired) electrons. The molecule has 0 aliphatic heterocycles. The maximum atomic E-state index is 13.6. The van der Waals surface area contributed by atoms with Crippen molar-refractivity contribution in [3.8, 4) is 0 Å². The summed E-state index contributed by atoms with van der Waals surface area (Å²) in [4.78, 5) is 43.7. The van der Waals surface area contributed by atoms with Gasteiger partial charge in [0, 0.05) is 54.4 Å². The fourth-order valence-electron chi connectivity index (χ4n) is 4.69. The summed E-state index contributed by atoms with van der Waals surface area (Å²) in [7, 11) is 0. The van der Waals surface area contributed by atoms with E-state index in [1.807, 2.05) is 30.5 Å². The lowest BCUT2D eigenvalue weighted by atomic mass is 10.1. The van der Waals surface area contributed by atoms with Crippen LogP contribution in [0.1, 0.15) is 29.5 Å². The maximum Gasteiger partial charge on any atom is 0.269 e. The third kappa shape index (κ3) is 6.61. The SMILES string of the molecule is O=C(CN(C(=O)/C=C/c1ccc([N+](=O)[O-])cc1)C1CC1)N(CCc1c[nH]c2ccccc12)Cc1ccc(F)cc1. The Morgan fingerprint density at radius 1 is 1.02 bits per heavy atom. The molecule has 3 aromatic carbocycles. The normalized spacial score (nSPS) is 13.0. The number of aromatic nitrogens is 1. The van der Waals surface area contributed by atoms with E-state index in [4.69, 9.17) is 0 Å². The summed E-state index contributed by atoms with van der Waals surface area (Å²) < 4.78 is 13.5. The predicted octanol–water partition coefficient (Wildman–Crippen LogP) is 5.49. The summed E-state index contributed by atoms with van der Waals surface area (Å²) in [6.45, 7) is 0.666. The van der Waals surface area contributed by atoms with Crippen LogP contribution in [0.25, 0.3) is 17.0 Å². The smallest absolute Gasteiger partial charge is 0.269 e. The van der Waals surface area contributed by atoms with Crippen LogP contribution in [0.3, 0.4) is 0 Å². The zero-order valence-electron chi connectivity index (χ0n) is 21.8. The summed E-state index contributed by atoms with van der Waals surface area (Å²) >= 11 is 0. The van der Waals surface area contributed by atoms with Crippen LogP contribution in [-0.2, 0) is 22.6 Å². The number of amides is 2. The van der Waals surface area contributed by atoms with Crippen molar-refractivity contribution in [2.75, 3.05) is 13.1 Å². The van der Waals surface area contributed by atoms with E-state index in [2.05, 4.69) is 4.98 Å². The molecule has 0 atom stereocenters. The van der Waals surface area contributed by atoms with E-state index in [1.165, 1.54) is 30.3 Å². The molecule has 1 heterocycles. The van der Waals surface area contributed by atoms with E-state index >= 15 is 0 Å². The third-order valence-electron chi connectivity index (χ3n) is 7.06. The molecule has 0 saturated heterocycles. The Kier molecular flexibility index (Phi) is 8.00. The van der Waals surface area contributed by atoms with Crippen LogP contribution in [0.15, 0.2) is 85.1 Å². The zero-order valence-corrected chi connectivity index (χ0v) is 21.8. The zero-order chi connectivity index (χ0) is 28.1. The van der Waals surface area contributed by atoms with Gasteiger partial charge in [0.1, 0.15) is 12.4 Å². The molecule has 1 aliphatic carbocycles. The largest absolute Gasteiger partial charge is 0.361 e. The van der Waals surface area contributed by atoms with Crippen molar-refractivity contribution < 1.29 is 18.9 Å². The number of carbonyl (C=O) groups excluding carboxylic acids is 2. The highest BCUT2D eigenvalue weighted by Crippen LogP contribution is 2.27. The van der Waals surface area contributed by atoms with E-state index in [9.17, 15) is 24.1 Å². The van der Waals surface area contributed by atoms with Crippen molar-refractivity contribution in [2.24, 2.45) is 0 Å². The van der Waals surface area contributed by atoms with Gasteiger partial charge < -0.3 is 14.8 Å². The Labute approximate surface area is 230 Å². The molecule has 0 unspecified atom stereocenters. The fourth-order valence-corrected chi connectivity index (χ4v) is 4.69. The molecule has 1 aliphatic rings. The molecular formula is C31H29FN4O4. The van der Waals surface area contributed by atoms with Crippen LogP contribution in [0, 0.1) is 15.9 Å². The van der Waals surface area contributed by atoms with E-state index in [-0.39, 0.29) is 35.9 Å². The van der Waals surface area contributed by atoms with Crippen LogP contribution in [-0.4, -0.2) is 50.7 Å². The van der Waals surface area contributed by atoms with E-state index in [0.29, 0.717) is 25.1 Å². The van der Waals surface area contributed by atoms with Crippen LogP contribution < -0.4 is 0 Å². The van der Waals surface area contributed by atoms with Gasteiger partial charge in [-0.05, 0) is 72.4 Å². The van der Waals surface area contributed by atoms with E-state index in [0.717, 1.165) is 34.9 Å². The Morgan fingerprint density at radius 3 is 2.45 bits per heavy atom. The second-order valence-corrected chi connectivity index (χ2v) is 9.93. The maximum absolute atomic E-state index is 13.6. The molecule has 1 aromatic heterocycles. The van der Waals surface area contributed by atoms with Crippen LogP contribution in [0.5, 0.6) is 0 Å². The van der Waals surface area contributed by atoms with Gasteiger partial charge in [0.15, 0.2) is 0 Å². The van der Waals surface area contributed by atoms with Crippen molar-refractivity contribution in [3.05, 3.63) is 118 Å². The number of nitro benzene ring substituents is 1. The van der Waals surface area contributed by atoms with Crippen molar-refractivity contribution >= 4 is 34.5 Å². The first-order valence-corrected chi connectivity index (χ1v) is 13.2. The highest BCUT2D eigenvalue weighted by Gasteiger charge is 2.34. The molecule has 4 aromatic rings. The Hall–Kier alpha value is -4.79. The van der Waals surface area contributed by atoms with Gasteiger partial charge in [-0.3, -0.25) is 19.7 Å². The predicted molar refractivity (Wildman–Crippen MR) is 151 cm³/mol.